The Labute approximate surface area is 120 Å². The van der Waals surface area contributed by atoms with Crippen LogP contribution in [-0.2, 0) is 13.6 Å². The van der Waals surface area contributed by atoms with Crippen LogP contribution in [0.15, 0.2) is 24.3 Å². The highest BCUT2D eigenvalue weighted by Gasteiger charge is 2.08. The molecule has 4 nitrogen and oxygen atoms in total. The van der Waals surface area contributed by atoms with Crippen LogP contribution in [0.3, 0.4) is 0 Å². The van der Waals surface area contributed by atoms with Crippen LogP contribution in [0.2, 0.25) is 0 Å². The van der Waals surface area contributed by atoms with Gasteiger partial charge in [0.2, 0.25) is 0 Å². The van der Waals surface area contributed by atoms with E-state index in [1.165, 1.54) is 5.56 Å². The maximum absolute atomic E-state index is 5.64. The Hall–Kier alpha value is -1.97. The van der Waals surface area contributed by atoms with Crippen LogP contribution in [0.4, 0.5) is 5.69 Å². The number of nitrogens with one attached hydrogen (secondary N) is 1. The minimum absolute atomic E-state index is 0.208. The Morgan fingerprint density at radius 1 is 1.20 bits per heavy atom. The molecule has 1 N–H and O–H groups in total. The number of aromatic nitrogens is 2. The zero-order valence-corrected chi connectivity index (χ0v) is 12.9. The summed E-state index contributed by atoms with van der Waals surface area (Å²) < 4.78 is 7.54. The fourth-order valence-electron chi connectivity index (χ4n) is 2.18. The highest BCUT2D eigenvalue weighted by molar-refractivity contribution is 5.52. The molecular weight excluding hydrogens is 250 g/mol. The van der Waals surface area contributed by atoms with E-state index in [9.17, 15) is 0 Å². The number of ether oxygens (including phenoxy) is 1. The first-order chi connectivity index (χ1) is 9.47. The van der Waals surface area contributed by atoms with Gasteiger partial charge >= 0.3 is 0 Å². The molecule has 0 amide bonds. The summed E-state index contributed by atoms with van der Waals surface area (Å²) in [6, 6.07) is 8.21. The van der Waals surface area contributed by atoms with Gasteiger partial charge in [0.1, 0.15) is 5.75 Å². The lowest BCUT2D eigenvalue weighted by Crippen LogP contribution is -2.06. The molecule has 1 aromatic carbocycles. The van der Waals surface area contributed by atoms with Crippen molar-refractivity contribution in [1.29, 1.82) is 0 Å². The average Bonchev–Trinajstić information content (AvgIpc) is 2.62. The van der Waals surface area contributed by atoms with Crippen LogP contribution in [0.1, 0.15) is 30.8 Å². The molecule has 108 valence electrons. The Morgan fingerprint density at radius 2 is 1.85 bits per heavy atom. The minimum Gasteiger partial charge on any atom is -0.491 e. The van der Waals surface area contributed by atoms with Gasteiger partial charge in [0.05, 0.1) is 23.2 Å². The quantitative estimate of drug-likeness (QED) is 0.907. The number of hydrogen-bond acceptors (Lipinski definition) is 3. The molecule has 0 saturated heterocycles. The summed E-state index contributed by atoms with van der Waals surface area (Å²) in [5.41, 5.74) is 4.53. The van der Waals surface area contributed by atoms with Crippen molar-refractivity contribution in [1.82, 2.24) is 9.78 Å². The third-order valence-corrected chi connectivity index (χ3v) is 3.27. The second-order valence-electron chi connectivity index (χ2n) is 5.33. The smallest absolute Gasteiger partial charge is 0.119 e. The topological polar surface area (TPSA) is 39.1 Å². The summed E-state index contributed by atoms with van der Waals surface area (Å²) in [6.45, 7) is 8.94. The maximum Gasteiger partial charge on any atom is 0.119 e. The number of nitrogens with zero attached hydrogens (tertiary/aromatic N) is 2. The van der Waals surface area contributed by atoms with Gasteiger partial charge in [0.15, 0.2) is 0 Å². The van der Waals surface area contributed by atoms with Crippen molar-refractivity contribution >= 4 is 5.69 Å². The maximum atomic E-state index is 5.64. The second kappa shape index (κ2) is 5.99. The second-order valence-corrected chi connectivity index (χ2v) is 5.33. The molecule has 0 spiro atoms. The third kappa shape index (κ3) is 3.32. The van der Waals surface area contributed by atoms with Crippen molar-refractivity contribution in [3.63, 3.8) is 0 Å². The number of benzene rings is 1. The van der Waals surface area contributed by atoms with E-state index in [0.717, 1.165) is 29.4 Å². The molecule has 0 unspecified atom stereocenters. The number of rotatable bonds is 5. The molecule has 0 bridgehead atoms. The van der Waals surface area contributed by atoms with Gasteiger partial charge in [-0.05, 0) is 45.4 Å². The van der Waals surface area contributed by atoms with E-state index in [4.69, 9.17) is 4.74 Å². The lowest BCUT2D eigenvalue weighted by molar-refractivity contribution is 0.242. The van der Waals surface area contributed by atoms with Crippen molar-refractivity contribution in [3.8, 4) is 5.75 Å². The van der Waals surface area contributed by atoms with E-state index in [2.05, 4.69) is 29.5 Å². The van der Waals surface area contributed by atoms with Crippen LogP contribution in [0.25, 0.3) is 0 Å². The lowest BCUT2D eigenvalue weighted by atomic mass is 10.2. The molecule has 1 heterocycles. The van der Waals surface area contributed by atoms with E-state index in [-0.39, 0.29) is 6.10 Å². The van der Waals surface area contributed by atoms with Crippen LogP contribution in [-0.4, -0.2) is 15.9 Å². The number of anilines is 1. The van der Waals surface area contributed by atoms with Crippen molar-refractivity contribution in [3.05, 3.63) is 41.2 Å². The van der Waals surface area contributed by atoms with Gasteiger partial charge in [-0.1, -0.05) is 12.1 Å². The van der Waals surface area contributed by atoms with Gasteiger partial charge in [0.25, 0.3) is 0 Å². The van der Waals surface area contributed by atoms with E-state index in [1.807, 2.05) is 44.6 Å². The molecule has 2 rings (SSSR count). The van der Waals surface area contributed by atoms with Gasteiger partial charge in [-0.2, -0.15) is 5.10 Å². The SMILES string of the molecule is Cc1nn(C)c(C)c1NCc1ccc(OC(C)C)cc1. The molecule has 0 radical (unpaired) electrons. The first-order valence-corrected chi connectivity index (χ1v) is 6.97. The molecule has 0 aliphatic rings. The first kappa shape index (κ1) is 14.4. The van der Waals surface area contributed by atoms with Gasteiger partial charge in [-0.25, -0.2) is 0 Å². The highest BCUT2D eigenvalue weighted by atomic mass is 16.5. The summed E-state index contributed by atoms with van der Waals surface area (Å²) >= 11 is 0. The van der Waals surface area contributed by atoms with Crippen LogP contribution in [0, 0.1) is 13.8 Å². The van der Waals surface area contributed by atoms with E-state index in [1.54, 1.807) is 0 Å². The first-order valence-electron chi connectivity index (χ1n) is 6.97. The fourth-order valence-corrected chi connectivity index (χ4v) is 2.18. The molecule has 1 aromatic heterocycles. The van der Waals surface area contributed by atoms with Crippen molar-refractivity contribution in [2.24, 2.45) is 7.05 Å². The molecule has 0 fully saturated rings. The zero-order chi connectivity index (χ0) is 14.7. The minimum atomic E-state index is 0.208. The normalized spacial score (nSPS) is 10.9. The summed E-state index contributed by atoms with van der Waals surface area (Å²) in [6.07, 6.45) is 0.208. The van der Waals surface area contributed by atoms with Crippen molar-refractivity contribution in [2.45, 2.75) is 40.3 Å². The summed E-state index contributed by atoms with van der Waals surface area (Å²) in [4.78, 5) is 0. The summed E-state index contributed by atoms with van der Waals surface area (Å²) in [5.74, 6) is 0.914. The Bertz CT molecular complexity index is 570. The number of hydrogen-bond donors (Lipinski definition) is 1. The predicted octanol–water partition coefficient (Wildman–Crippen LogP) is 3.44. The molecule has 0 aliphatic carbocycles. The van der Waals surface area contributed by atoms with Gasteiger partial charge in [0, 0.05) is 13.6 Å². The molecule has 0 aliphatic heterocycles. The molecule has 0 atom stereocenters. The van der Waals surface area contributed by atoms with Crippen LogP contribution < -0.4 is 10.1 Å². The lowest BCUT2D eigenvalue weighted by Gasteiger charge is -2.11. The number of aryl methyl sites for hydroxylation is 2. The van der Waals surface area contributed by atoms with Gasteiger partial charge in [-0.15, -0.1) is 0 Å². The zero-order valence-electron chi connectivity index (χ0n) is 12.9. The van der Waals surface area contributed by atoms with E-state index in [0.29, 0.717) is 0 Å². The van der Waals surface area contributed by atoms with Crippen LogP contribution in [0.5, 0.6) is 5.75 Å². The van der Waals surface area contributed by atoms with Crippen molar-refractivity contribution in [2.75, 3.05) is 5.32 Å². The molecule has 4 heteroatoms. The van der Waals surface area contributed by atoms with Crippen LogP contribution >= 0.6 is 0 Å². The molecular formula is C16H23N3O. The van der Waals surface area contributed by atoms with Crippen molar-refractivity contribution < 1.29 is 4.74 Å². The van der Waals surface area contributed by atoms with E-state index >= 15 is 0 Å². The largest absolute Gasteiger partial charge is 0.491 e. The highest BCUT2D eigenvalue weighted by Crippen LogP contribution is 2.20. The molecule has 20 heavy (non-hydrogen) atoms. The molecule has 0 saturated carbocycles. The standard InChI is InChI=1S/C16H23N3O/c1-11(2)20-15-8-6-14(7-9-15)10-17-16-12(3)18-19(5)13(16)4/h6-9,11,17H,10H2,1-5H3. The summed E-state index contributed by atoms with van der Waals surface area (Å²) in [5, 5.41) is 7.86. The van der Waals surface area contributed by atoms with Gasteiger partial charge < -0.3 is 10.1 Å². The average molecular weight is 273 g/mol. The Morgan fingerprint density at radius 3 is 2.35 bits per heavy atom. The third-order valence-electron chi connectivity index (χ3n) is 3.27. The van der Waals surface area contributed by atoms with E-state index < -0.39 is 0 Å². The Kier molecular flexibility index (Phi) is 4.32. The monoisotopic (exact) mass is 273 g/mol. The molecule has 2 aromatic rings. The summed E-state index contributed by atoms with van der Waals surface area (Å²) in [7, 11) is 1.96. The fraction of sp³-hybridized carbons (Fsp3) is 0.438. The Balaban J connectivity index is 2.00. The predicted molar refractivity (Wildman–Crippen MR) is 82.2 cm³/mol. The van der Waals surface area contributed by atoms with Gasteiger partial charge in [-0.3, -0.25) is 4.68 Å².